The van der Waals surface area contributed by atoms with Crippen LogP contribution in [0.15, 0.2) is 24.3 Å². The minimum Gasteiger partial charge on any atom is -0.449 e. The Labute approximate surface area is 156 Å². The molecular formula is C20H32N2O4. The number of rotatable bonds is 9. The van der Waals surface area contributed by atoms with Gasteiger partial charge in [-0.3, -0.25) is 0 Å². The maximum Gasteiger partial charge on any atom is 0.429 e. The molecule has 0 aliphatic carbocycles. The van der Waals surface area contributed by atoms with Gasteiger partial charge in [-0.05, 0) is 44.7 Å². The highest BCUT2D eigenvalue weighted by atomic mass is 16.6. The number of hydrogen-bond acceptors (Lipinski definition) is 4. The van der Waals surface area contributed by atoms with Gasteiger partial charge in [-0.15, -0.1) is 0 Å². The third-order valence-electron chi connectivity index (χ3n) is 4.12. The number of carbonyl (C=O) groups is 2. The van der Waals surface area contributed by atoms with Crippen LogP contribution in [0.4, 0.5) is 9.59 Å². The highest BCUT2D eigenvalue weighted by Crippen LogP contribution is 2.21. The Hall–Kier alpha value is -2.24. The third-order valence-corrected chi connectivity index (χ3v) is 4.12. The van der Waals surface area contributed by atoms with Crippen molar-refractivity contribution in [3.8, 4) is 0 Å². The first-order chi connectivity index (χ1) is 12.5. The second-order valence-electron chi connectivity index (χ2n) is 6.13. The van der Waals surface area contributed by atoms with E-state index in [1.54, 1.807) is 13.8 Å². The van der Waals surface area contributed by atoms with E-state index in [9.17, 15) is 9.59 Å². The van der Waals surface area contributed by atoms with Crippen molar-refractivity contribution in [2.24, 2.45) is 0 Å². The molecule has 1 rings (SSSR count). The minimum atomic E-state index is -0.681. The first-order valence-electron chi connectivity index (χ1n) is 9.51. The van der Waals surface area contributed by atoms with E-state index in [2.05, 4.69) is 24.5 Å². The summed E-state index contributed by atoms with van der Waals surface area (Å²) in [5.41, 5.74) is 4.65. The summed E-state index contributed by atoms with van der Waals surface area (Å²) >= 11 is 0. The van der Waals surface area contributed by atoms with Crippen LogP contribution in [0.5, 0.6) is 0 Å². The van der Waals surface area contributed by atoms with Gasteiger partial charge in [-0.1, -0.05) is 50.5 Å². The second-order valence-corrected chi connectivity index (χ2v) is 6.13. The van der Waals surface area contributed by atoms with Crippen LogP contribution in [0, 0.1) is 0 Å². The van der Waals surface area contributed by atoms with Crippen LogP contribution in [0.1, 0.15) is 70.5 Å². The van der Waals surface area contributed by atoms with Gasteiger partial charge >= 0.3 is 12.2 Å². The molecule has 0 spiro atoms. The highest BCUT2D eigenvalue weighted by Gasteiger charge is 2.25. The zero-order valence-electron chi connectivity index (χ0n) is 16.4. The lowest BCUT2D eigenvalue weighted by Crippen LogP contribution is -2.48. The molecule has 1 aromatic rings. The summed E-state index contributed by atoms with van der Waals surface area (Å²) in [6, 6.07) is 7.74. The molecule has 1 aromatic carbocycles. The number of nitrogens with zero attached hydrogens (tertiary/aromatic N) is 1. The monoisotopic (exact) mass is 364 g/mol. The number of benzene rings is 1. The number of amides is 2. The predicted octanol–water partition coefficient (Wildman–Crippen LogP) is 4.99. The molecule has 6 nitrogen and oxygen atoms in total. The van der Waals surface area contributed by atoms with Gasteiger partial charge in [0.05, 0.1) is 19.3 Å². The molecule has 0 saturated heterocycles. The van der Waals surface area contributed by atoms with Crippen LogP contribution in [-0.2, 0) is 15.9 Å². The molecule has 0 radical (unpaired) electrons. The van der Waals surface area contributed by atoms with Gasteiger partial charge in [0.15, 0.2) is 0 Å². The van der Waals surface area contributed by atoms with Gasteiger partial charge in [-0.25, -0.2) is 20.0 Å². The zero-order chi connectivity index (χ0) is 19.4. The van der Waals surface area contributed by atoms with Crippen molar-refractivity contribution in [2.45, 2.75) is 65.8 Å². The number of hydrogen-bond donors (Lipinski definition) is 1. The molecule has 0 bridgehead atoms. The molecule has 0 aliphatic rings. The maximum atomic E-state index is 12.2. The van der Waals surface area contributed by atoms with Crippen LogP contribution >= 0.6 is 0 Å². The van der Waals surface area contributed by atoms with Crippen molar-refractivity contribution in [2.75, 3.05) is 13.2 Å². The molecular weight excluding hydrogens is 332 g/mol. The third kappa shape index (κ3) is 7.33. The topological polar surface area (TPSA) is 67.9 Å². The Morgan fingerprint density at radius 2 is 1.65 bits per heavy atom. The molecule has 0 fully saturated rings. The van der Waals surface area contributed by atoms with Gasteiger partial charge in [0.1, 0.15) is 0 Å². The van der Waals surface area contributed by atoms with Gasteiger partial charge in [0.2, 0.25) is 0 Å². The SMILES string of the molecule is CCCCCCc1ccc(C(C)N(NC(=O)OCC)C(=O)OCC)cc1. The van der Waals surface area contributed by atoms with Crippen molar-refractivity contribution < 1.29 is 19.1 Å². The van der Waals surface area contributed by atoms with E-state index in [4.69, 9.17) is 9.47 Å². The fourth-order valence-corrected chi connectivity index (χ4v) is 2.62. The summed E-state index contributed by atoms with van der Waals surface area (Å²) in [7, 11) is 0. The average Bonchev–Trinajstić information content (AvgIpc) is 2.63. The number of carbonyl (C=O) groups excluding carboxylic acids is 2. The van der Waals surface area contributed by atoms with Gasteiger partial charge in [-0.2, -0.15) is 0 Å². The number of ether oxygens (including phenoxy) is 2. The van der Waals surface area contributed by atoms with Gasteiger partial charge in [0, 0.05) is 0 Å². The largest absolute Gasteiger partial charge is 0.449 e. The Kier molecular flexibility index (Phi) is 10.2. The van der Waals surface area contributed by atoms with Crippen molar-refractivity contribution in [1.82, 2.24) is 10.4 Å². The van der Waals surface area contributed by atoms with Gasteiger partial charge < -0.3 is 9.47 Å². The molecule has 26 heavy (non-hydrogen) atoms. The van der Waals surface area contributed by atoms with E-state index in [-0.39, 0.29) is 19.3 Å². The molecule has 1 atom stereocenters. The van der Waals surface area contributed by atoms with E-state index in [0.717, 1.165) is 17.0 Å². The minimum absolute atomic E-state index is 0.225. The van der Waals surface area contributed by atoms with Crippen LogP contribution in [0.3, 0.4) is 0 Å². The first kappa shape index (κ1) is 21.8. The summed E-state index contributed by atoms with van der Waals surface area (Å²) < 4.78 is 9.91. The number of aryl methyl sites for hydroxylation is 1. The fraction of sp³-hybridized carbons (Fsp3) is 0.600. The maximum absolute atomic E-state index is 12.2. The Bertz CT molecular complexity index is 545. The predicted molar refractivity (Wildman–Crippen MR) is 102 cm³/mol. The molecule has 2 amide bonds. The lowest BCUT2D eigenvalue weighted by atomic mass is 10.0. The number of nitrogens with one attached hydrogen (secondary N) is 1. The summed E-state index contributed by atoms with van der Waals surface area (Å²) in [5, 5.41) is 1.16. The summed E-state index contributed by atoms with van der Waals surface area (Å²) in [5.74, 6) is 0. The van der Waals surface area contributed by atoms with Crippen LogP contribution in [0.2, 0.25) is 0 Å². The smallest absolute Gasteiger partial charge is 0.429 e. The fourth-order valence-electron chi connectivity index (χ4n) is 2.62. The second kappa shape index (κ2) is 12.2. The molecule has 0 aromatic heterocycles. The summed E-state index contributed by atoms with van der Waals surface area (Å²) in [4.78, 5) is 23.9. The van der Waals surface area contributed by atoms with Crippen molar-refractivity contribution in [1.29, 1.82) is 0 Å². The summed E-state index contributed by atoms with van der Waals surface area (Å²) in [6.07, 6.45) is 4.68. The molecule has 146 valence electrons. The van der Waals surface area contributed by atoms with E-state index in [1.165, 1.54) is 31.2 Å². The average molecular weight is 364 g/mol. The molecule has 0 aliphatic heterocycles. The van der Waals surface area contributed by atoms with E-state index in [0.29, 0.717) is 0 Å². The lowest BCUT2D eigenvalue weighted by molar-refractivity contribution is 0.0582. The van der Waals surface area contributed by atoms with Crippen LogP contribution in [-0.4, -0.2) is 30.4 Å². The standard InChI is InChI=1S/C20H32N2O4/c1-5-8-9-10-11-17-12-14-18(15-13-17)16(4)22(20(24)26-7-3)21-19(23)25-6-2/h12-16H,5-11H2,1-4H3,(H,21,23). The molecule has 1 unspecified atom stereocenters. The van der Waals surface area contributed by atoms with Crippen LogP contribution < -0.4 is 5.43 Å². The van der Waals surface area contributed by atoms with Crippen LogP contribution in [0.25, 0.3) is 0 Å². The van der Waals surface area contributed by atoms with E-state index >= 15 is 0 Å². The highest BCUT2D eigenvalue weighted by molar-refractivity contribution is 5.74. The molecule has 1 N–H and O–H groups in total. The Balaban J connectivity index is 2.77. The van der Waals surface area contributed by atoms with Crippen molar-refractivity contribution in [3.63, 3.8) is 0 Å². The van der Waals surface area contributed by atoms with Gasteiger partial charge in [0.25, 0.3) is 0 Å². The summed E-state index contributed by atoms with van der Waals surface area (Å²) in [6.45, 7) is 7.91. The Morgan fingerprint density at radius 1 is 1.00 bits per heavy atom. The molecule has 0 saturated carbocycles. The molecule has 6 heteroatoms. The van der Waals surface area contributed by atoms with E-state index < -0.39 is 12.2 Å². The van der Waals surface area contributed by atoms with Crippen molar-refractivity contribution >= 4 is 12.2 Å². The van der Waals surface area contributed by atoms with E-state index in [1.807, 2.05) is 19.1 Å². The first-order valence-corrected chi connectivity index (χ1v) is 9.51. The number of hydrazine groups is 1. The lowest BCUT2D eigenvalue weighted by Gasteiger charge is -2.28. The quantitative estimate of drug-likeness (QED) is 0.495. The Morgan fingerprint density at radius 3 is 2.23 bits per heavy atom. The normalized spacial score (nSPS) is 11.5. The van der Waals surface area contributed by atoms with Crippen molar-refractivity contribution in [3.05, 3.63) is 35.4 Å². The zero-order valence-corrected chi connectivity index (χ0v) is 16.4. The number of unbranched alkanes of at least 4 members (excludes halogenated alkanes) is 3. The molecule has 0 heterocycles.